The largest absolute Gasteiger partial charge is 0.521 e. The summed E-state index contributed by atoms with van der Waals surface area (Å²) in [4.78, 5) is 0. The molecule has 0 aromatic heterocycles. The van der Waals surface area contributed by atoms with Gasteiger partial charge in [0, 0.05) is 0 Å². The average Bonchev–Trinajstić information content (AvgIpc) is 2.80. The van der Waals surface area contributed by atoms with Gasteiger partial charge in [-0.3, -0.25) is 8.20 Å². The van der Waals surface area contributed by atoms with Crippen molar-refractivity contribution in [2.24, 2.45) is 0 Å². The molecule has 3 aliphatic carbocycles. The second kappa shape index (κ2) is 13.8. The molecule has 0 aromatic carbocycles. The van der Waals surface area contributed by atoms with E-state index in [4.69, 9.17) is 0 Å². The fourth-order valence-electron chi connectivity index (χ4n) is 5.31. The third kappa shape index (κ3) is 9.57. The summed E-state index contributed by atoms with van der Waals surface area (Å²) in [5, 5.41) is 0. The molecule has 3 aliphatic rings. The van der Waals surface area contributed by atoms with Crippen LogP contribution in [-0.2, 0) is 28.4 Å². The van der Waals surface area contributed by atoms with E-state index in [1.54, 1.807) is 77.0 Å². The molecule has 3 saturated carbocycles. The summed E-state index contributed by atoms with van der Waals surface area (Å²) in [6.45, 7) is 0. The molecular weight excluding hydrogens is 556 g/mol. The summed E-state index contributed by atoms with van der Waals surface area (Å²) in [7, 11) is -14.3. The van der Waals surface area contributed by atoms with Crippen LogP contribution in [0.2, 0.25) is 0 Å². The summed E-state index contributed by atoms with van der Waals surface area (Å²) < 4.78 is 115. The first-order valence-corrected chi connectivity index (χ1v) is 16.7. The lowest BCUT2D eigenvalue weighted by molar-refractivity contribution is -0.0519. The van der Waals surface area contributed by atoms with Crippen LogP contribution in [0.1, 0.15) is 96.3 Å². The highest BCUT2D eigenvalue weighted by molar-refractivity contribution is 7.89. The number of hydrogen-bond donors (Lipinski definition) is 0. The Bertz CT molecular complexity index is 779. The molecular formula is C20H34BF6O6PS2. The maximum Gasteiger partial charge on any atom is 0.521 e. The monoisotopic (exact) mass is 590 g/mol. The molecule has 36 heavy (non-hydrogen) atoms. The Morgan fingerprint density at radius 1 is 0.528 bits per heavy atom. The van der Waals surface area contributed by atoms with Crippen molar-refractivity contribution in [2.75, 3.05) is 0 Å². The van der Waals surface area contributed by atoms with Crippen molar-refractivity contribution >= 4 is 35.8 Å². The third-order valence-corrected chi connectivity index (χ3v) is 13.0. The molecule has 0 heterocycles. The minimum Gasteiger partial charge on any atom is -0.295 e. The summed E-state index contributed by atoms with van der Waals surface area (Å²) in [5.74, 6) is 0. The van der Waals surface area contributed by atoms with Gasteiger partial charge in [0.05, 0.1) is 0 Å². The first-order valence-electron chi connectivity index (χ1n) is 12.3. The lowest BCUT2D eigenvalue weighted by Gasteiger charge is -2.44. The molecule has 0 bridgehead atoms. The zero-order chi connectivity index (χ0) is 27.0. The quantitative estimate of drug-likeness (QED) is 0.147. The molecule has 3 fully saturated rings. The van der Waals surface area contributed by atoms with Crippen molar-refractivity contribution in [2.45, 2.75) is 124 Å². The standard InChI is InChI=1S/C18H33P.C2HBF6O6S2/c1-4-10-16(11-5-1)19(17-12-6-2-7-13-17)18-14-8-3-9-15-18;4-1(5,6)16(10,11)14-3-15-17(12,13)2(7,8)9/h16-18H,1-15H2;3H. The fraction of sp³-hybridized carbons (Fsp3) is 1.00. The minimum atomic E-state index is -6.22. The Morgan fingerprint density at radius 3 is 1.00 bits per heavy atom. The van der Waals surface area contributed by atoms with E-state index in [0.717, 1.165) is 0 Å². The van der Waals surface area contributed by atoms with Crippen LogP contribution in [0.3, 0.4) is 0 Å². The molecule has 0 spiro atoms. The molecule has 0 aliphatic heterocycles. The van der Waals surface area contributed by atoms with Crippen LogP contribution in [0.25, 0.3) is 0 Å². The lowest BCUT2D eigenvalue weighted by Crippen LogP contribution is -2.31. The van der Waals surface area contributed by atoms with E-state index in [1.165, 1.54) is 36.2 Å². The molecule has 212 valence electrons. The zero-order valence-corrected chi connectivity index (χ0v) is 22.6. The molecule has 0 aromatic rings. The van der Waals surface area contributed by atoms with Crippen molar-refractivity contribution in [1.82, 2.24) is 0 Å². The molecule has 0 atom stereocenters. The highest BCUT2D eigenvalue weighted by Crippen LogP contribution is 2.61. The molecule has 6 nitrogen and oxygen atoms in total. The smallest absolute Gasteiger partial charge is 0.295 e. The maximum absolute atomic E-state index is 11.5. The Labute approximate surface area is 211 Å². The SMILES string of the molecule is C1CCC(P(C2CCCCC2)C2CCCCC2)CC1.O=S(=O)(OBOS(=O)(=O)C(F)(F)F)C(F)(F)F. The van der Waals surface area contributed by atoms with Gasteiger partial charge in [-0.05, 0) is 55.5 Å². The van der Waals surface area contributed by atoms with Gasteiger partial charge in [0.1, 0.15) is 0 Å². The van der Waals surface area contributed by atoms with Crippen LogP contribution < -0.4 is 0 Å². The predicted molar refractivity (Wildman–Crippen MR) is 127 cm³/mol. The van der Waals surface area contributed by atoms with Crippen LogP contribution in [0.4, 0.5) is 26.3 Å². The summed E-state index contributed by atoms with van der Waals surface area (Å²) in [6.07, 6.45) is 23.6. The van der Waals surface area contributed by atoms with Gasteiger partial charge in [0.25, 0.3) is 0 Å². The Kier molecular flexibility index (Phi) is 12.3. The predicted octanol–water partition coefficient (Wildman–Crippen LogP) is 6.45. The normalized spacial score (nSPS) is 22.2. The molecule has 0 N–H and O–H groups in total. The highest BCUT2D eigenvalue weighted by Gasteiger charge is 2.50. The van der Waals surface area contributed by atoms with Gasteiger partial charge in [-0.1, -0.05) is 65.7 Å². The van der Waals surface area contributed by atoms with Gasteiger partial charge < -0.3 is 0 Å². The van der Waals surface area contributed by atoms with Crippen molar-refractivity contribution in [1.29, 1.82) is 0 Å². The zero-order valence-electron chi connectivity index (χ0n) is 20.0. The summed E-state index contributed by atoms with van der Waals surface area (Å²) >= 11 is 0. The lowest BCUT2D eigenvalue weighted by atomic mass is 9.99. The topological polar surface area (TPSA) is 86.7 Å². The average molecular weight is 590 g/mol. The maximum atomic E-state index is 11.5. The van der Waals surface area contributed by atoms with Gasteiger partial charge >= 0.3 is 38.9 Å². The molecule has 0 saturated heterocycles. The second-order valence-electron chi connectivity index (χ2n) is 9.48. The molecule has 3 rings (SSSR count). The molecule has 16 heteroatoms. The Hall–Kier alpha value is -0.105. The summed E-state index contributed by atoms with van der Waals surface area (Å²) in [5.41, 5.74) is -8.24. The second-order valence-corrected chi connectivity index (χ2v) is 15.8. The van der Waals surface area contributed by atoms with E-state index < -0.39 is 38.9 Å². The van der Waals surface area contributed by atoms with Gasteiger partial charge in [-0.15, -0.1) is 0 Å². The fourth-order valence-corrected chi connectivity index (χ4v) is 10.7. The van der Waals surface area contributed by atoms with Crippen molar-refractivity contribution in [3.8, 4) is 0 Å². The Morgan fingerprint density at radius 2 is 0.778 bits per heavy atom. The van der Waals surface area contributed by atoms with E-state index >= 15 is 0 Å². The first kappa shape index (κ1) is 32.1. The van der Waals surface area contributed by atoms with Crippen LogP contribution in [0.5, 0.6) is 0 Å². The highest BCUT2D eigenvalue weighted by atomic mass is 32.2. The third-order valence-electron chi connectivity index (χ3n) is 6.96. The number of rotatable bonds is 7. The van der Waals surface area contributed by atoms with Gasteiger partial charge in [0.2, 0.25) is 0 Å². The molecule has 0 unspecified atom stereocenters. The van der Waals surface area contributed by atoms with Gasteiger partial charge in [-0.25, -0.2) is 0 Å². The van der Waals surface area contributed by atoms with E-state index in [0.29, 0.717) is 7.92 Å². The van der Waals surface area contributed by atoms with Crippen molar-refractivity contribution in [3.63, 3.8) is 0 Å². The number of hydrogen-bond acceptors (Lipinski definition) is 6. The van der Waals surface area contributed by atoms with E-state index in [2.05, 4.69) is 8.20 Å². The molecule has 0 amide bonds. The van der Waals surface area contributed by atoms with Gasteiger partial charge in [-0.2, -0.15) is 43.2 Å². The minimum absolute atomic E-state index is 0.385. The number of halogens is 6. The van der Waals surface area contributed by atoms with Crippen LogP contribution in [0, 0.1) is 0 Å². The van der Waals surface area contributed by atoms with Crippen LogP contribution in [0.15, 0.2) is 0 Å². The van der Waals surface area contributed by atoms with E-state index in [1.807, 2.05) is 0 Å². The van der Waals surface area contributed by atoms with Crippen molar-refractivity contribution in [3.05, 3.63) is 0 Å². The van der Waals surface area contributed by atoms with Crippen LogP contribution >= 0.6 is 7.92 Å². The number of alkyl halides is 6. The Balaban J connectivity index is 0.000000256. The van der Waals surface area contributed by atoms with Crippen molar-refractivity contribution < 1.29 is 51.4 Å². The van der Waals surface area contributed by atoms with Gasteiger partial charge in [0.15, 0.2) is 0 Å². The van der Waals surface area contributed by atoms with E-state index in [-0.39, 0.29) is 0 Å². The van der Waals surface area contributed by atoms with E-state index in [9.17, 15) is 43.2 Å². The molecule has 0 radical (unpaired) electrons. The first-order chi connectivity index (χ1) is 16.7. The van der Waals surface area contributed by atoms with Crippen LogP contribution in [-0.4, -0.2) is 52.5 Å². The summed E-state index contributed by atoms with van der Waals surface area (Å²) in [6, 6.07) is 0.